The zero-order valence-electron chi connectivity index (χ0n) is 9.03. The molecular formula is C11H14O4. The van der Waals surface area contributed by atoms with Crippen LogP contribution in [0.4, 0.5) is 0 Å². The van der Waals surface area contributed by atoms with Gasteiger partial charge in [-0.2, -0.15) is 0 Å². The summed E-state index contributed by atoms with van der Waals surface area (Å²) in [6, 6.07) is 3.15. The van der Waals surface area contributed by atoms with E-state index < -0.39 is 5.97 Å². The number of carbonyl (C=O) groups is 1. The van der Waals surface area contributed by atoms with Crippen molar-refractivity contribution in [1.29, 1.82) is 0 Å². The van der Waals surface area contributed by atoms with Crippen LogP contribution in [0, 0.1) is 6.92 Å². The first-order chi connectivity index (χ1) is 7.10. The molecule has 1 aromatic carbocycles. The van der Waals surface area contributed by atoms with Gasteiger partial charge >= 0.3 is 5.97 Å². The Morgan fingerprint density at radius 1 is 1.40 bits per heavy atom. The molecule has 1 rings (SSSR count). The number of phenols is 1. The molecule has 0 unspecified atom stereocenters. The molecule has 0 aliphatic carbocycles. The summed E-state index contributed by atoms with van der Waals surface area (Å²) in [6.07, 6.45) is 0. The van der Waals surface area contributed by atoms with Crippen molar-refractivity contribution in [1.82, 2.24) is 0 Å². The fourth-order valence-corrected chi connectivity index (χ4v) is 1.35. The first kappa shape index (κ1) is 11.5. The number of hydrogen-bond acceptors (Lipinski definition) is 4. The van der Waals surface area contributed by atoms with Crippen LogP contribution in [0.3, 0.4) is 0 Å². The quantitative estimate of drug-likeness (QED) is 0.770. The molecule has 1 N–H and O–H groups in total. The zero-order chi connectivity index (χ0) is 11.4. The maximum Gasteiger partial charge on any atom is 0.337 e. The van der Waals surface area contributed by atoms with E-state index in [1.54, 1.807) is 19.1 Å². The van der Waals surface area contributed by atoms with Crippen LogP contribution < -0.4 is 0 Å². The molecule has 0 aliphatic heterocycles. The zero-order valence-corrected chi connectivity index (χ0v) is 9.03. The van der Waals surface area contributed by atoms with Crippen LogP contribution in [-0.4, -0.2) is 25.3 Å². The summed E-state index contributed by atoms with van der Waals surface area (Å²) in [5.41, 5.74) is 1.63. The van der Waals surface area contributed by atoms with E-state index in [2.05, 4.69) is 4.74 Å². The fourth-order valence-electron chi connectivity index (χ4n) is 1.35. The third-order valence-corrected chi connectivity index (χ3v) is 2.10. The minimum absolute atomic E-state index is 0.157. The SMILES string of the molecule is COCc1cc(C(=O)OC)cc(C)c1O. The first-order valence-electron chi connectivity index (χ1n) is 4.50. The third kappa shape index (κ3) is 2.47. The van der Waals surface area contributed by atoms with Crippen molar-refractivity contribution in [3.63, 3.8) is 0 Å². The van der Waals surface area contributed by atoms with Crippen molar-refractivity contribution in [3.05, 3.63) is 28.8 Å². The second kappa shape index (κ2) is 4.79. The number of methoxy groups -OCH3 is 2. The van der Waals surface area contributed by atoms with Crippen LogP contribution in [0.2, 0.25) is 0 Å². The van der Waals surface area contributed by atoms with E-state index in [1.165, 1.54) is 14.2 Å². The highest BCUT2D eigenvalue weighted by Crippen LogP contribution is 2.24. The highest BCUT2D eigenvalue weighted by atomic mass is 16.5. The second-order valence-corrected chi connectivity index (χ2v) is 3.23. The highest BCUT2D eigenvalue weighted by molar-refractivity contribution is 5.90. The molecule has 4 heteroatoms. The van der Waals surface area contributed by atoms with Crippen LogP contribution in [-0.2, 0) is 16.1 Å². The van der Waals surface area contributed by atoms with Crippen molar-refractivity contribution in [2.24, 2.45) is 0 Å². The topological polar surface area (TPSA) is 55.8 Å². The van der Waals surface area contributed by atoms with E-state index in [0.29, 0.717) is 16.7 Å². The van der Waals surface area contributed by atoms with Gasteiger partial charge in [0.2, 0.25) is 0 Å². The van der Waals surface area contributed by atoms with E-state index in [-0.39, 0.29) is 12.4 Å². The average molecular weight is 210 g/mol. The lowest BCUT2D eigenvalue weighted by molar-refractivity contribution is 0.0600. The maximum atomic E-state index is 11.3. The van der Waals surface area contributed by atoms with E-state index in [9.17, 15) is 9.90 Å². The Morgan fingerprint density at radius 3 is 2.60 bits per heavy atom. The number of rotatable bonds is 3. The minimum Gasteiger partial charge on any atom is -0.507 e. The lowest BCUT2D eigenvalue weighted by atomic mass is 10.1. The Balaban J connectivity index is 3.16. The van der Waals surface area contributed by atoms with Crippen LogP contribution in [0.15, 0.2) is 12.1 Å². The van der Waals surface area contributed by atoms with E-state index in [1.807, 2.05) is 0 Å². The number of phenolic OH excluding ortho intramolecular Hbond substituents is 1. The molecule has 0 atom stereocenters. The third-order valence-electron chi connectivity index (χ3n) is 2.10. The smallest absolute Gasteiger partial charge is 0.337 e. The monoisotopic (exact) mass is 210 g/mol. The highest BCUT2D eigenvalue weighted by Gasteiger charge is 2.12. The average Bonchev–Trinajstić information content (AvgIpc) is 2.23. The molecule has 0 aromatic heterocycles. The van der Waals surface area contributed by atoms with Crippen molar-refractivity contribution in [2.45, 2.75) is 13.5 Å². The van der Waals surface area contributed by atoms with Gasteiger partial charge in [-0.3, -0.25) is 0 Å². The molecule has 1 aromatic rings. The van der Waals surface area contributed by atoms with Gasteiger partial charge in [-0.05, 0) is 24.6 Å². The molecular weight excluding hydrogens is 196 g/mol. The first-order valence-corrected chi connectivity index (χ1v) is 4.50. The summed E-state index contributed by atoms with van der Waals surface area (Å²) < 4.78 is 9.52. The molecule has 15 heavy (non-hydrogen) atoms. The number of carbonyl (C=O) groups excluding carboxylic acids is 1. The van der Waals surface area contributed by atoms with E-state index >= 15 is 0 Å². The minimum atomic E-state index is -0.421. The van der Waals surface area contributed by atoms with Crippen molar-refractivity contribution >= 4 is 5.97 Å². The van der Waals surface area contributed by atoms with Gasteiger partial charge in [-0.15, -0.1) is 0 Å². The van der Waals surface area contributed by atoms with Crippen molar-refractivity contribution in [3.8, 4) is 5.75 Å². The molecule has 0 radical (unpaired) electrons. The molecule has 0 saturated carbocycles. The molecule has 0 bridgehead atoms. The molecule has 4 nitrogen and oxygen atoms in total. The molecule has 0 saturated heterocycles. The Hall–Kier alpha value is -1.55. The number of ether oxygens (including phenoxy) is 2. The summed E-state index contributed by atoms with van der Waals surface area (Å²) in [4.78, 5) is 11.3. The fraction of sp³-hybridized carbons (Fsp3) is 0.364. The van der Waals surface area contributed by atoms with Crippen LogP contribution in [0.1, 0.15) is 21.5 Å². The summed E-state index contributed by atoms with van der Waals surface area (Å²) in [7, 11) is 2.85. The van der Waals surface area contributed by atoms with E-state index in [0.717, 1.165) is 0 Å². The van der Waals surface area contributed by atoms with E-state index in [4.69, 9.17) is 4.74 Å². The summed E-state index contributed by atoms with van der Waals surface area (Å²) >= 11 is 0. The lowest BCUT2D eigenvalue weighted by Crippen LogP contribution is -2.03. The normalized spacial score (nSPS) is 10.1. The second-order valence-electron chi connectivity index (χ2n) is 3.23. The van der Waals surface area contributed by atoms with Gasteiger partial charge in [0.05, 0.1) is 19.3 Å². The van der Waals surface area contributed by atoms with Crippen LogP contribution in [0.25, 0.3) is 0 Å². The summed E-state index contributed by atoms with van der Waals surface area (Å²) in [5.74, 6) is -0.264. The Bertz CT molecular complexity index is 371. The summed E-state index contributed by atoms with van der Waals surface area (Å²) in [5, 5.41) is 9.68. The summed E-state index contributed by atoms with van der Waals surface area (Å²) in [6.45, 7) is 1.98. The van der Waals surface area contributed by atoms with Crippen molar-refractivity contribution < 1.29 is 19.4 Å². The Morgan fingerprint density at radius 2 is 2.07 bits per heavy atom. The van der Waals surface area contributed by atoms with Crippen LogP contribution in [0.5, 0.6) is 5.75 Å². The number of aryl methyl sites for hydroxylation is 1. The van der Waals surface area contributed by atoms with Crippen LogP contribution >= 0.6 is 0 Å². The van der Waals surface area contributed by atoms with Gasteiger partial charge in [0.25, 0.3) is 0 Å². The van der Waals surface area contributed by atoms with Gasteiger partial charge in [0.15, 0.2) is 0 Å². The van der Waals surface area contributed by atoms with Gasteiger partial charge in [0.1, 0.15) is 5.75 Å². The number of aromatic hydroxyl groups is 1. The predicted octanol–water partition coefficient (Wildman–Crippen LogP) is 1.63. The lowest BCUT2D eigenvalue weighted by Gasteiger charge is -2.08. The Labute approximate surface area is 88.4 Å². The van der Waals surface area contributed by atoms with Gasteiger partial charge in [-0.25, -0.2) is 4.79 Å². The molecule has 82 valence electrons. The largest absolute Gasteiger partial charge is 0.507 e. The number of hydrogen-bond donors (Lipinski definition) is 1. The Kier molecular flexibility index (Phi) is 3.68. The molecule has 0 fully saturated rings. The molecule has 0 spiro atoms. The number of benzene rings is 1. The predicted molar refractivity (Wildman–Crippen MR) is 54.9 cm³/mol. The molecule has 0 heterocycles. The number of esters is 1. The van der Waals surface area contributed by atoms with Crippen molar-refractivity contribution in [2.75, 3.05) is 14.2 Å². The maximum absolute atomic E-state index is 11.3. The molecule has 0 amide bonds. The van der Waals surface area contributed by atoms with Gasteiger partial charge in [-0.1, -0.05) is 0 Å². The molecule has 0 aliphatic rings. The van der Waals surface area contributed by atoms with Gasteiger partial charge in [0, 0.05) is 12.7 Å². The standard InChI is InChI=1S/C11H14O4/c1-7-4-8(11(13)15-3)5-9(6-14-2)10(7)12/h4-5,12H,6H2,1-3H3. The van der Waals surface area contributed by atoms with Gasteiger partial charge < -0.3 is 14.6 Å².